The molecule has 0 radical (unpaired) electrons. The maximum absolute atomic E-state index is 13.4. The second-order valence-corrected chi connectivity index (χ2v) is 4.57. The highest BCUT2D eigenvalue weighted by molar-refractivity contribution is 5.74. The molecular formula is C12H15FO3. The number of rotatable bonds is 3. The van der Waals surface area contributed by atoms with Crippen LogP contribution in [0.1, 0.15) is 25.0 Å². The van der Waals surface area contributed by atoms with Gasteiger partial charge in [0.15, 0.2) is 11.6 Å². The molecule has 1 aromatic carbocycles. The predicted octanol–water partition coefficient (Wildman–Crippen LogP) is 2.49. The molecule has 0 saturated carbocycles. The maximum Gasteiger partial charge on any atom is 0.309 e. The average Bonchev–Trinajstić information content (AvgIpc) is 2.19. The summed E-state index contributed by atoms with van der Waals surface area (Å²) in [5.74, 6) is -2.11. The number of carboxylic acid groups (broad SMARTS) is 1. The van der Waals surface area contributed by atoms with Gasteiger partial charge in [0.2, 0.25) is 0 Å². The second kappa shape index (κ2) is 4.12. The van der Waals surface area contributed by atoms with E-state index in [1.165, 1.54) is 19.9 Å². The van der Waals surface area contributed by atoms with E-state index in [0.29, 0.717) is 11.1 Å². The van der Waals surface area contributed by atoms with Crippen LogP contribution in [0.15, 0.2) is 12.1 Å². The van der Waals surface area contributed by atoms with Crippen LogP contribution in [-0.2, 0) is 11.2 Å². The lowest BCUT2D eigenvalue weighted by atomic mass is 9.85. The van der Waals surface area contributed by atoms with Crippen LogP contribution in [0.5, 0.6) is 5.75 Å². The number of aryl methyl sites for hydroxylation is 1. The third-order valence-electron chi connectivity index (χ3n) is 2.60. The fourth-order valence-corrected chi connectivity index (χ4v) is 1.40. The number of benzene rings is 1. The molecule has 88 valence electrons. The Bertz CT molecular complexity index is 425. The van der Waals surface area contributed by atoms with Gasteiger partial charge in [0.25, 0.3) is 0 Å². The van der Waals surface area contributed by atoms with Crippen molar-refractivity contribution in [3.8, 4) is 5.75 Å². The molecule has 3 nitrogen and oxygen atoms in total. The van der Waals surface area contributed by atoms with Crippen LogP contribution in [0.3, 0.4) is 0 Å². The number of aliphatic carboxylic acids is 1. The lowest BCUT2D eigenvalue weighted by Gasteiger charge is -2.19. The van der Waals surface area contributed by atoms with Crippen molar-refractivity contribution in [2.45, 2.75) is 27.2 Å². The van der Waals surface area contributed by atoms with Crippen molar-refractivity contribution >= 4 is 5.97 Å². The molecule has 0 aliphatic heterocycles. The van der Waals surface area contributed by atoms with E-state index in [0.717, 1.165) is 0 Å². The number of phenols is 1. The van der Waals surface area contributed by atoms with E-state index in [4.69, 9.17) is 5.11 Å². The summed E-state index contributed by atoms with van der Waals surface area (Å²) in [4.78, 5) is 10.9. The maximum atomic E-state index is 13.4. The van der Waals surface area contributed by atoms with E-state index < -0.39 is 23.0 Å². The summed E-state index contributed by atoms with van der Waals surface area (Å²) >= 11 is 0. The Balaban J connectivity index is 3.08. The van der Waals surface area contributed by atoms with Gasteiger partial charge >= 0.3 is 5.97 Å². The third kappa shape index (κ3) is 2.32. The molecule has 0 aliphatic carbocycles. The van der Waals surface area contributed by atoms with Crippen LogP contribution in [0.2, 0.25) is 0 Å². The molecule has 0 fully saturated rings. The van der Waals surface area contributed by atoms with Gasteiger partial charge in [-0.3, -0.25) is 4.79 Å². The number of carboxylic acids is 1. The largest absolute Gasteiger partial charge is 0.505 e. The Labute approximate surface area is 93.5 Å². The highest BCUT2D eigenvalue weighted by atomic mass is 19.1. The monoisotopic (exact) mass is 226 g/mol. The molecule has 0 spiro atoms. The number of halogens is 1. The van der Waals surface area contributed by atoms with Crippen LogP contribution in [0.25, 0.3) is 0 Å². The minimum Gasteiger partial charge on any atom is -0.505 e. The Morgan fingerprint density at radius 2 is 2.00 bits per heavy atom. The summed E-state index contributed by atoms with van der Waals surface area (Å²) in [5.41, 5.74) is -0.371. The Morgan fingerprint density at radius 1 is 1.44 bits per heavy atom. The molecule has 1 rings (SSSR count). The van der Waals surface area contributed by atoms with Crippen LogP contribution in [-0.4, -0.2) is 16.2 Å². The van der Waals surface area contributed by atoms with Crippen LogP contribution < -0.4 is 0 Å². The Morgan fingerprint density at radius 3 is 2.50 bits per heavy atom. The molecule has 0 unspecified atom stereocenters. The first-order chi connectivity index (χ1) is 7.25. The van der Waals surface area contributed by atoms with E-state index in [1.807, 2.05) is 0 Å². The summed E-state index contributed by atoms with van der Waals surface area (Å²) < 4.78 is 13.4. The summed E-state index contributed by atoms with van der Waals surface area (Å²) in [5, 5.41) is 18.5. The predicted molar refractivity (Wildman–Crippen MR) is 57.9 cm³/mol. The van der Waals surface area contributed by atoms with E-state index in [9.17, 15) is 14.3 Å². The summed E-state index contributed by atoms with van der Waals surface area (Å²) in [6.07, 6.45) is 0.0887. The molecule has 0 atom stereocenters. The number of carbonyl (C=O) groups is 1. The Kier molecular flexibility index (Phi) is 3.21. The highest BCUT2D eigenvalue weighted by Crippen LogP contribution is 2.30. The van der Waals surface area contributed by atoms with E-state index in [1.54, 1.807) is 13.0 Å². The van der Waals surface area contributed by atoms with Gasteiger partial charge in [-0.2, -0.15) is 0 Å². The van der Waals surface area contributed by atoms with Gasteiger partial charge < -0.3 is 10.2 Å². The molecule has 4 heteroatoms. The number of phenolic OH excluding ortho intramolecular Hbond substituents is 1. The van der Waals surface area contributed by atoms with Gasteiger partial charge in [0.1, 0.15) is 0 Å². The molecule has 0 aliphatic rings. The second-order valence-electron chi connectivity index (χ2n) is 4.57. The zero-order valence-electron chi connectivity index (χ0n) is 9.54. The van der Waals surface area contributed by atoms with E-state index in [2.05, 4.69) is 0 Å². The minimum absolute atomic E-state index is 0.0887. The van der Waals surface area contributed by atoms with Crippen LogP contribution in [0, 0.1) is 18.2 Å². The molecule has 0 saturated heterocycles. The zero-order valence-corrected chi connectivity index (χ0v) is 9.54. The van der Waals surface area contributed by atoms with E-state index in [-0.39, 0.29) is 6.42 Å². The fraction of sp³-hybridized carbons (Fsp3) is 0.417. The van der Waals surface area contributed by atoms with Crippen molar-refractivity contribution in [2.75, 3.05) is 0 Å². The minimum atomic E-state index is -1.03. The van der Waals surface area contributed by atoms with Crippen LogP contribution in [0.4, 0.5) is 4.39 Å². The zero-order chi connectivity index (χ0) is 12.5. The summed E-state index contributed by atoms with van der Waals surface area (Å²) in [7, 11) is 0. The molecule has 0 aromatic heterocycles. The molecule has 2 N–H and O–H groups in total. The van der Waals surface area contributed by atoms with Crippen molar-refractivity contribution in [1.82, 2.24) is 0 Å². The third-order valence-corrected chi connectivity index (χ3v) is 2.60. The molecule has 0 heterocycles. The number of hydrogen-bond acceptors (Lipinski definition) is 2. The van der Waals surface area contributed by atoms with Crippen LogP contribution >= 0.6 is 0 Å². The molecular weight excluding hydrogens is 211 g/mol. The van der Waals surface area contributed by atoms with Crippen molar-refractivity contribution in [1.29, 1.82) is 0 Å². The quantitative estimate of drug-likeness (QED) is 0.832. The van der Waals surface area contributed by atoms with E-state index >= 15 is 0 Å². The van der Waals surface area contributed by atoms with Gasteiger partial charge in [-0.15, -0.1) is 0 Å². The normalized spacial score (nSPS) is 11.5. The topological polar surface area (TPSA) is 57.5 Å². The van der Waals surface area contributed by atoms with Gasteiger partial charge in [-0.25, -0.2) is 4.39 Å². The van der Waals surface area contributed by atoms with Crippen molar-refractivity contribution in [3.05, 3.63) is 29.1 Å². The number of aromatic hydroxyl groups is 1. The molecule has 0 amide bonds. The average molecular weight is 226 g/mol. The highest BCUT2D eigenvalue weighted by Gasteiger charge is 2.29. The SMILES string of the molecule is Cc1ccc(CC(C)(C)C(=O)O)c(O)c1F. The fourth-order valence-electron chi connectivity index (χ4n) is 1.40. The lowest BCUT2D eigenvalue weighted by Crippen LogP contribution is -2.26. The van der Waals surface area contributed by atoms with Crippen molar-refractivity contribution in [2.24, 2.45) is 5.41 Å². The van der Waals surface area contributed by atoms with Gasteiger partial charge in [0.05, 0.1) is 5.41 Å². The molecule has 1 aromatic rings. The Hall–Kier alpha value is -1.58. The van der Waals surface area contributed by atoms with Gasteiger partial charge in [0, 0.05) is 0 Å². The number of hydrogen-bond donors (Lipinski definition) is 2. The van der Waals surface area contributed by atoms with Crippen molar-refractivity contribution < 1.29 is 19.4 Å². The standard InChI is InChI=1S/C12H15FO3/c1-7-4-5-8(10(14)9(7)13)6-12(2,3)11(15)16/h4-5,14H,6H2,1-3H3,(H,15,16). The summed E-state index contributed by atoms with van der Waals surface area (Å²) in [6, 6.07) is 3.08. The first-order valence-electron chi connectivity index (χ1n) is 4.96. The molecule has 0 bridgehead atoms. The smallest absolute Gasteiger partial charge is 0.309 e. The first kappa shape index (κ1) is 12.5. The summed E-state index contributed by atoms with van der Waals surface area (Å²) in [6.45, 7) is 4.61. The van der Waals surface area contributed by atoms with Crippen molar-refractivity contribution in [3.63, 3.8) is 0 Å². The van der Waals surface area contributed by atoms with Gasteiger partial charge in [-0.05, 0) is 38.3 Å². The van der Waals surface area contributed by atoms with Gasteiger partial charge in [-0.1, -0.05) is 12.1 Å². The first-order valence-corrected chi connectivity index (χ1v) is 4.96. The lowest BCUT2D eigenvalue weighted by molar-refractivity contribution is -0.146. The molecule has 16 heavy (non-hydrogen) atoms.